The zero-order valence-corrected chi connectivity index (χ0v) is 19.2. The van der Waals surface area contributed by atoms with E-state index in [4.69, 9.17) is 23.7 Å². The van der Waals surface area contributed by atoms with Gasteiger partial charge in [0.25, 0.3) is 0 Å². The molecule has 0 saturated carbocycles. The van der Waals surface area contributed by atoms with Crippen LogP contribution in [-0.2, 0) is 23.7 Å². The lowest BCUT2D eigenvalue weighted by atomic mass is 9.87. The molecule has 0 unspecified atom stereocenters. The van der Waals surface area contributed by atoms with Gasteiger partial charge in [-0.05, 0) is 53.4 Å². The lowest BCUT2D eigenvalue weighted by Gasteiger charge is -2.39. The molecule has 1 aliphatic heterocycles. The van der Waals surface area contributed by atoms with E-state index in [1.165, 1.54) is 0 Å². The highest BCUT2D eigenvalue weighted by atomic mass is 79.9. The van der Waals surface area contributed by atoms with E-state index in [1.54, 1.807) is 34.1 Å². The van der Waals surface area contributed by atoms with Crippen LogP contribution in [0.25, 0.3) is 0 Å². The summed E-state index contributed by atoms with van der Waals surface area (Å²) in [5, 5.41) is 10.2. The van der Waals surface area contributed by atoms with Crippen LogP contribution in [0.15, 0.2) is 12.7 Å². The van der Waals surface area contributed by atoms with Gasteiger partial charge in [0.2, 0.25) is 0 Å². The fourth-order valence-corrected chi connectivity index (χ4v) is 3.65. The van der Waals surface area contributed by atoms with Crippen molar-refractivity contribution in [1.82, 2.24) is 0 Å². The third-order valence-corrected chi connectivity index (χ3v) is 6.92. The van der Waals surface area contributed by atoms with Gasteiger partial charge < -0.3 is 28.8 Å². The maximum atomic E-state index is 10.2. The number of methoxy groups -OCH3 is 2. The van der Waals surface area contributed by atoms with Crippen LogP contribution in [0, 0.1) is 0 Å². The smallest absolute Gasteiger partial charge is 0.147 e. The molecule has 160 valence electrons. The van der Waals surface area contributed by atoms with E-state index in [0.717, 1.165) is 19.3 Å². The molecule has 0 aromatic rings. The molecule has 0 bridgehead atoms. The van der Waals surface area contributed by atoms with Crippen molar-refractivity contribution in [3.8, 4) is 0 Å². The van der Waals surface area contributed by atoms with Gasteiger partial charge in [-0.1, -0.05) is 22.0 Å². The summed E-state index contributed by atoms with van der Waals surface area (Å²) in [5.41, 5.74) is -1.85. The summed E-state index contributed by atoms with van der Waals surface area (Å²) in [5.74, 6) is 0. The Balaban J connectivity index is 2.86. The Labute approximate surface area is 172 Å². The van der Waals surface area contributed by atoms with Gasteiger partial charge in [0, 0.05) is 19.0 Å². The first-order chi connectivity index (χ1) is 12.5. The molecule has 0 amide bonds. The fraction of sp³-hybridized carbons (Fsp3) is 0.900. The zero-order valence-electron chi connectivity index (χ0n) is 17.6. The standard InChI is InChI=1S/C20H37BrO6/c1-8-16(25-13-23-6)20(5)12-10-17(27-20)19(4,26-14-24-7)11-9-15(21)18(2,3)22/h8,15-17,22H,1,9-14H2,2-7H3/t15-,16-,17-,19+,20+/m1/s1. The molecule has 7 heteroatoms. The number of aliphatic hydroxyl groups is 1. The number of ether oxygens (including phenoxy) is 5. The topological polar surface area (TPSA) is 66.4 Å². The lowest BCUT2D eigenvalue weighted by molar-refractivity contribution is -0.212. The van der Waals surface area contributed by atoms with E-state index in [1.807, 2.05) is 13.8 Å². The Morgan fingerprint density at radius 2 is 1.93 bits per heavy atom. The Morgan fingerprint density at radius 3 is 2.44 bits per heavy atom. The van der Waals surface area contributed by atoms with Crippen molar-refractivity contribution >= 4 is 15.9 Å². The molecule has 1 heterocycles. The summed E-state index contributed by atoms with van der Waals surface area (Å²) >= 11 is 3.59. The molecule has 27 heavy (non-hydrogen) atoms. The highest BCUT2D eigenvalue weighted by molar-refractivity contribution is 9.09. The monoisotopic (exact) mass is 452 g/mol. The Kier molecular flexibility index (Phi) is 9.89. The Bertz CT molecular complexity index is 454. The van der Waals surface area contributed by atoms with Crippen molar-refractivity contribution in [3.05, 3.63) is 12.7 Å². The first-order valence-corrected chi connectivity index (χ1v) is 10.3. The van der Waals surface area contributed by atoms with Crippen LogP contribution in [0.4, 0.5) is 0 Å². The van der Waals surface area contributed by atoms with E-state index >= 15 is 0 Å². The second-order valence-electron chi connectivity index (χ2n) is 8.21. The van der Waals surface area contributed by atoms with Crippen LogP contribution in [0.3, 0.4) is 0 Å². The second kappa shape index (κ2) is 10.7. The minimum Gasteiger partial charge on any atom is -0.389 e. The van der Waals surface area contributed by atoms with Crippen LogP contribution in [0.5, 0.6) is 0 Å². The van der Waals surface area contributed by atoms with Gasteiger partial charge >= 0.3 is 0 Å². The largest absolute Gasteiger partial charge is 0.389 e. The number of hydrogen-bond acceptors (Lipinski definition) is 6. The maximum absolute atomic E-state index is 10.2. The Morgan fingerprint density at radius 1 is 1.30 bits per heavy atom. The minimum atomic E-state index is -0.810. The molecular formula is C20H37BrO6. The van der Waals surface area contributed by atoms with Crippen LogP contribution < -0.4 is 0 Å². The zero-order chi connectivity index (χ0) is 20.7. The van der Waals surface area contributed by atoms with E-state index in [9.17, 15) is 5.11 Å². The van der Waals surface area contributed by atoms with E-state index in [0.29, 0.717) is 6.42 Å². The molecule has 1 aliphatic rings. The first kappa shape index (κ1) is 25.0. The minimum absolute atomic E-state index is 0.0470. The van der Waals surface area contributed by atoms with Gasteiger partial charge in [0.1, 0.15) is 19.7 Å². The molecule has 6 nitrogen and oxygen atoms in total. The third-order valence-electron chi connectivity index (χ3n) is 5.34. The van der Waals surface area contributed by atoms with Crippen LogP contribution >= 0.6 is 15.9 Å². The van der Waals surface area contributed by atoms with Gasteiger partial charge in [-0.2, -0.15) is 0 Å². The molecule has 1 N–H and O–H groups in total. The van der Waals surface area contributed by atoms with Gasteiger partial charge in [-0.25, -0.2) is 0 Å². The molecule has 5 atom stereocenters. The predicted octanol–water partition coefficient (Wildman–Crippen LogP) is 3.79. The van der Waals surface area contributed by atoms with Crippen molar-refractivity contribution in [2.75, 3.05) is 27.8 Å². The number of hydrogen-bond donors (Lipinski definition) is 1. The van der Waals surface area contributed by atoms with Crippen molar-refractivity contribution in [2.45, 2.75) is 87.2 Å². The fourth-order valence-electron chi connectivity index (χ4n) is 3.42. The molecule has 1 rings (SSSR count). The summed E-state index contributed by atoms with van der Waals surface area (Å²) in [6.45, 7) is 11.9. The summed E-state index contributed by atoms with van der Waals surface area (Å²) in [7, 11) is 3.20. The highest BCUT2D eigenvalue weighted by Crippen LogP contribution is 2.42. The van der Waals surface area contributed by atoms with Crippen LogP contribution in [-0.4, -0.2) is 66.8 Å². The molecule has 1 fully saturated rings. The second-order valence-corrected chi connectivity index (χ2v) is 9.32. The molecular weight excluding hydrogens is 416 g/mol. The third kappa shape index (κ3) is 7.07. The molecule has 0 radical (unpaired) electrons. The number of halogens is 1. The van der Waals surface area contributed by atoms with Crippen LogP contribution in [0.1, 0.15) is 53.4 Å². The summed E-state index contributed by atoms with van der Waals surface area (Å²) < 4.78 is 28.5. The predicted molar refractivity (Wildman–Crippen MR) is 109 cm³/mol. The number of alkyl halides is 1. The summed E-state index contributed by atoms with van der Waals surface area (Å²) in [6, 6.07) is 0. The van der Waals surface area contributed by atoms with E-state index in [2.05, 4.69) is 22.5 Å². The molecule has 1 saturated heterocycles. The van der Waals surface area contributed by atoms with Crippen molar-refractivity contribution in [1.29, 1.82) is 0 Å². The van der Waals surface area contributed by atoms with Gasteiger partial charge in [-0.3, -0.25) is 0 Å². The summed E-state index contributed by atoms with van der Waals surface area (Å²) in [4.78, 5) is -0.0470. The lowest BCUT2D eigenvalue weighted by Crippen LogP contribution is -2.47. The molecule has 0 aromatic heterocycles. The molecule has 0 aromatic carbocycles. The normalized spacial score (nSPS) is 27.9. The van der Waals surface area contributed by atoms with Crippen LogP contribution in [0.2, 0.25) is 0 Å². The first-order valence-electron chi connectivity index (χ1n) is 9.42. The SMILES string of the molecule is C=C[C@@H](OCOC)[C@]1(C)CC[C@H]([C@](C)(CC[C@@H](Br)C(C)(C)O)OCOC)O1. The quantitative estimate of drug-likeness (QED) is 0.260. The van der Waals surface area contributed by atoms with E-state index < -0.39 is 16.8 Å². The average molecular weight is 453 g/mol. The van der Waals surface area contributed by atoms with Gasteiger partial charge in [0.15, 0.2) is 0 Å². The summed E-state index contributed by atoms with van der Waals surface area (Å²) in [6.07, 6.45) is 4.50. The average Bonchev–Trinajstić information content (AvgIpc) is 3.01. The number of rotatable bonds is 13. The molecule has 0 aliphatic carbocycles. The molecule has 0 spiro atoms. The maximum Gasteiger partial charge on any atom is 0.147 e. The van der Waals surface area contributed by atoms with Crippen molar-refractivity contribution in [2.24, 2.45) is 0 Å². The van der Waals surface area contributed by atoms with E-state index in [-0.39, 0.29) is 30.6 Å². The highest BCUT2D eigenvalue weighted by Gasteiger charge is 2.49. The Hall–Kier alpha value is -0.0200. The van der Waals surface area contributed by atoms with Gasteiger partial charge in [0.05, 0.1) is 22.9 Å². The van der Waals surface area contributed by atoms with Crippen molar-refractivity contribution < 1.29 is 28.8 Å². The van der Waals surface area contributed by atoms with Gasteiger partial charge in [-0.15, -0.1) is 6.58 Å². The van der Waals surface area contributed by atoms with Crippen molar-refractivity contribution in [3.63, 3.8) is 0 Å².